The molecule has 0 radical (unpaired) electrons. The van der Waals surface area contributed by atoms with Crippen LogP contribution in [-0.4, -0.2) is 18.3 Å². The second kappa shape index (κ2) is 5.26. The summed E-state index contributed by atoms with van der Waals surface area (Å²) in [6.07, 6.45) is 5.10. The van der Waals surface area contributed by atoms with Gasteiger partial charge in [-0.05, 0) is 55.1 Å². The Labute approximate surface area is 115 Å². The second-order valence-corrected chi connectivity index (χ2v) is 6.32. The zero-order valence-corrected chi connectivity index (χ0v) is 11.8. The first-order chi connectivity index (χ1) is 9.19. The quantitative estimate of drug-likeness (QED) is 0.880. The average molecular weight is 260 g/mol. The maximum absolute atomic E-state index is 11.2. The summed E-state index contributed by atoms with van der Waals surface area (Å²) in [5, 5.41) is 11.2. The molecule has 2 aliphatic rings. The van der Waals surface area contributed by atoms with Gasteiger partial charge in [0.1, 0.15) is 0 Å². The van der Waals surface area contributed by atoms with Crippen LogP contribution in [0.3, 0.4) is 0 Å². The average Bonchev–Trinajstić information content (AvgIpc) is 2.45. The van der Waals surface area contributed by atoms with Crippen molar-refractivity contribution in [3.8, 4) is 0 Å². The van der Waals surface area contributed by atoms with E-state index in [0.29, 0.717) is 11.8 Å². The number of hydrogen-bond acceptors (Lipinski definition) is 2. The smallest absolute Gasteiger partial charge is 0.0902 e. The zero-order chi connectivity index (χ0) is 13.3. The zero-order valence-electron chi connectivity index (χ0n) is 11.8. The number of hydrogen-bond donors (Lipinski definition) is 1. The molecule has 0 spiro atoms. The normalized spacial score (nSPS) is 32.0. The summed E-state index contributed by atoms with van der Waals surface area (Å²) in [6.45, 7) is 3.99. The van der Waals surface area contributed by atoms with E-state index in [1.165, 1.54) is 11.1 Å². The summed E-state index contributed by atoms with van der Waals surface area (Å²) in [5.74, 6) is 1.19. The molecular formula is C17H24O2. The van der Waals surface area contributed by atoms with Crippen molar-refractivity contribution in [3.63, 3.8) is 0 Å². The Morgan fingerprint density at radius 1 is 1.21 bits per heavy atom. The highest BCUT2D eigenvalue weighted by Crippen LogP contribution is 2.45. The van der Waals surface area contributed by atoms with Crippen LogP contribution in [0.15, 0.2) is 24.3 Å². The van der Waals surface area contributed by atoms with Gasteiger partial charge in [-0.2, -0.15) is 0 Å². The van der Waals surface area contributed by atoms with E-state index in [0.717, 1.165) is 45.3 Å². The Kier molecular flexibility index (Phi) is 3.64. The molecule has 2 atom stereocenters. The van der Waals surface area contributed by atoms with Gasteiger partial charge in [-0.25, -0.2) is 0 Å². The molecule has 1 fully saturated rings. The standard InChI is InChI=1S/C17H24O2/c1-13-6-9-17(18,12-14-7-10-19-11-8-14)16-5-3-2-4-15(13)16/h2-5,13-14,18H,6-12H2,1H3. The van der Waals surface area contributed by atoms with E-state index in [1.54, 1.807) is 0 Å². The lowest BCUT2D eigenvalue weighted by Crippen LogP contribution is -2.35. The first-order valence-corrected chi connectivity index (χ1v) is 7.58. The summed E-state index contributed by atoms with van der Waals surface area (Å²) in [6, 6.07) is 8.47. The van der Waals surface area contributed by atoms with E-state index in [4.69, 9.17) is 4.74 Å². The van der Waals surface area contributed by atoms with Gasteiger partial charge in [-0.1, -0.05) is 31.2 Å². The van der Waals surface area contributed by atoms with Crippen LogP contribution in [0.4, 0.5) is 0 Å². The van der Waals surface area contributed by atoms with Gasteiger partial charge in [0.2, 0.25) is 0 Å². The summed E-state index contributed by atoms with van der Waals surface area (Å²) < 4.78 is 5.43. The second-order valence-electron chi connectivity index (χ2n) is 6.32. The van der Waals surface area contributed by atoms with Crippen molar-refractivity contribution in [2.45, 2.75) is 50.5 Å². The SMILES string of the molecule is CC1CCC(O)(CC2CCOCC2)c2ccccc21. The summed E-state index contributed by atoms with van der Waals surface area (Å²) in [7, 11) is 0. The minimum atomic E-state index is -0.606. The fourth-order valence-electron chi connectivity index (χ4n) is 3.74. The molecule has 0 saturated carbocycles. The molecule has 1 aliphatic heterocycles. The van der Waals surface area contributed by atoms with Gasteiger partial charge in [0.25, 0.3) is 0 Å². The van der Waals surface area contributed by atoms with Crippen molar-refractivity contribution in [2.24, 2.45) is 5.92 Å². The highest BCUT2D eigenvalue weighted by molar-refractivity contribution is 5.37. The highest BCUT2D eigenvalue weighted by Gasteiger charge is 2.38. The predicted molar refractivity (Wildman–Crippen MR) is 76.1 cm³/mol. The third kappa shape index (κ3) is 2.56. The number of ether oxygens (including phenoxy) is 1. The number of aliphatic hydroxyl groups is 1. The molecular weight excluding hydrogens is 236 g/mol. The number of rotatable bonds is 2. The number of fused-ring (bicyclic) bond motifs is 1. The topological polar surface area (TPSA) is 29.5 Å². The lowest BCUT2D eigenvalue weighted by atomic mass is 9.70. The van der Waals surface area contributed by atoms with Gasteiger partial charge in [-0.15, -0.1) is 0 Å². The van der Waals surface area contributed by atoms with Crippen molar-refractivity contribution in [1.82, 2.24) is 0 Å². The fourth-order valence-corrected chi connectivity index (χ4v) is 3.74. The van der Waals surface area contributed by atoms with Crippen molar-refractivity contribution >= 4 is 0 Å². The van der Waals surface area contributed by atoms with E-state index < -0.39 is 5.60 Å². The lowest BCUT2D eigenvalue weighted by Gasteiger charge is -2.40. The van der Waals surface area contributed by atoms with Crippen LogP contribution in [0, 0.1) is 5.92 Å². The summed E-state index contributed by atoms with van der Waals surface area (Å²) >= 11 is 0. The van der Waals surface area contributed by atoms with Crippen molar-refractivity contribution < 1.29 is 9.84 Å². The molecule has 104 valence electrons. The third-order valence-electron chi connectivity index (χ3n) is 4.95. The van der Waals surface area contributed by atoms with Gasteiger partial charge in [0, 0.05) is 13.2 Å². The van der Waals surface area contributed by atoms with Crippen LogP contribution in [0.2, 0.25) is 0 Å². The van der Waals surface area contributed by atoms with E-state index in [9.17, 15) is 5.11 Å². The maximum atomic E-state index is 11.2. The highest BCUT2D eigenvalue weighted by atomic mass is 16.5. The van der Waals surface area contributed by atoms with E-state index in [1.807, 2.05) is 0 Å². The Hall–Kier alpha value is -0.860. The molecule has 2 heteroatoms. The lowest BCUT2D eigenvalue weighted by molar-refractivity contribution is -0.0292. The van der Waals surface area contributed by atoms with Gasteiger partial charge >= 0.3 is 0 Å². The van der Waals surface area contributed by atoms with Gasteiger partial charge < -0.3 is 9.84 Å². The first kappa shape index (κ1) is 13.1. The Balaban J connectivity index is 1.85. The fraction of sp³-hybridized carbons (Fsp3) is 0.647. The first-order valence-electron chi connectivity index (χ1n) is 7.58. The molecule has 0 bridgehead atoms. The monoisotopic (exact) mass is 260 g/mol. The molecule has 0 aromatic heterocycles. The van der Waals surface area contributed by atoms with E-state index in [2.05, 4.69) is 31.2 Å². The molecule has 2 unspecified atom stereocenters. The molecule has 2 nitrogen and oxygen atoms in total. The summed E-state index contributed by atoms with van der Waals surface area (Å²) in [5.41, 5.74) is 1.93. The van der Waals surface area contributed by atoms with Crippen LogP contribution >= 0.6 is 0 Å². The van der Waals surface area contributed by atoms with Crippen LogP contribution < -0.4 is 0 Å². The molecule has 1 N–H and O–H groups in total. The summed E-state index contributed by atoms with van der Waals surface area (Å²) in [4.78, 5) is 0. The molecule has 1 aromatic carbocycles. The van der Waals surface area contributed by atoms with Crippen molar-refractivity contribution in [1.29, 1.82) is 0 Å². The van der Waals surface area contributed by atoms with Crippen LogP contribution in [0.5, 0.6) is 0 Å². The maximum Gasteiger partial charge on any atom is 0.0902 e. The Morgan fingerprint density at radius 3 is 2.74 bits per heavy atom. The third-order valence-corrected chi connectivity index (χ3v) is 4.95. The molecule has 1 saturated heterocycles. The molecule has 19 heavy (non-hydrogen) atoms. The van der Waals surface area contributed by atoms with E-state index >= 15 is 0 Å². The largest absolute Gasteiger partial charge is 0.385 e. The van der Waals surface area contributed by atoms with Gasteiger partial charge in [0.15, 0.2) is 0 Å². The molecule has 1 heterocycles. The van der Waals surface area contributed by atoms with Gasteiger partial charge in [-0.3, -0.25) is 0 Å². The van der Waals surface area contributed by atoms with E-state index in [-0.39, 0.29) is 0 Å². The number of benzene rings is 1. The van der Waals surface area contributed by atoms with Crippen molar-refractivity contribution in [2.75, 3.05) is 13.2 Å². The van der Waals surface area contributed by atoms with Crippen LogP contribution in [0.1, 0.15) is 56.1 Å². The molecule has 3 rings (SSSR count). The molecule has 1 aromatic rings. The van der Waals surface area contributed by atoms with Crippen LogP contribution in [0.25, 0.3) is 0 Å². The molecule has 1 aliphatic carbocycles. The molecule has 0 amide bonds. The van der Waals surface area contributed by atoms with Gasteiger partial charge in [0.05, 0.1) is 5.60 Å². The Morgan fingerprint density at radius 2 is 1.95 bits per heavy atom. The van der Waals surface area contributed by atoms with Crippen LogP contribution in [-0.2, 0) is 10.3 Å². The minimum absolute atomic E-state index is 0.575. The van der Waals surface area contributed by atoms with Crippen molar-refractivity contribution in [3.05, 3.63) is 35.4 Å². The minimum Gasteiger partial charge on any atom is -0.385 e. The Bertz CT molecular complexity index is 437. The predicted octanol–water partition coefficient (Wildman–Crippen LogP) is 3.59.